The minimum absolute atomic E-state index is 0.0345. The van der Waals surface area contributed by atoms with Gasteiger partial charge in [-0.25, -0.2) is 0 Å². The predicted octanol–water partition coefficient (Wildman–Crippen LogP) is 3.53. The molecule has 0 N–H and O–H groups in total. The number of carbonyl (C=O) groups excluding carboxylic acids is 1. The number of thioether (sulfide) groups is 1. The Labute approximate surface area is 162 Å². The van der Waals surface area contributed by atoms with Gasteiger partial charge in [0.2, 0.25) is 5.89 Å². The molecule has 138 valence electrons. The molecule has 3 rings (SSSR count). The number of thiocarbonyl (C=S) groups is 1. The summed E-state index contributed by atoms with van der Waals surface area (Å²) in [4.78, 5) is 14.1. The van der Waals surface area contributed by atoms with Gasteiger partial charge >= 0.3 is 5.97 Å². The van der Waals surface area contributed by atoms with Crippen LogP contribution in [0.2, 0.25) is 0 Å². The summed E-state index contributed by atoms with van der Waals surface area (Å²) in [5.74, 6) is 1.27. The van der Waals surface area contributed by atoms with Crippen molar-refractivity contribution in [3.63, 3.8) is 0 Å². The van der Waals surface area contributed by atoms with Crippen LogP contribution in [-0.2, 0) is 16.1 Å². The molecule has 1 aliphatic rings. The van der Waals surface area contributed by atoms with Gasteiger partial charge in [-0.15, -0.1) is 10.2 Å². The maximum Gasteiger partial charge on any atom is 0.316 e. The number of piperidine rings is 1. The van der Waals surface area contributed by atoms with Gasteiger partial charge in [0.25, 0.3) is 5.89 Å². The van der Waals surface area contributed by atoms with Gasteiger partial charge < -0.3 is 14.1 Å². The molecule has 0 saturated carbocycles. The monoisotopic (exact) mass is 391 g/mol. The average Bonchev–Trinajstić information content (AvgIpc) is 3.15. The highest BCUT2D eigenvalue weighted by Crippen LogP contribution is 2.21. The zero-order valence-corrected chi connectivity index (χ0v) is 16.2. The van der Waals surface area contributed by atoms with E-state index in [9.17, 15) is 4.79 Å². The van der Waals surface area contributed by atoms with Crippen molar-refractivity contribution in [2.24, 2.45) is 5.92 Å². The largest absolute Gasteiger partial charge is 0.455 e. The topological polar surface area (TPSA) is 68.5 Å². The van der Waals surface area contributed by atoms with Gasteiger partial charge in [-0.05, 0) is 30.9 Å². The summed E-state index contributed by atoms with van der Waals surface area (Å²) < 4.78 is 11.5. The van der Waals surface area contributed by atoms with Gasteiger partial charge in [-0.1, -0.05) is 49.1 Å². The number of rotatable bonds is 5. The highest BCUT2D eigenvalue weighted by molar-refractivity contribution is 8.23. The van der Waals surface area contributed by atoms with Gasteiger partial charge in [-0.2, -0.15) is 0 Å². The molecule has 0 atom stereocenters. The van der Waals surface area contributed by atoms with E-state index in [0.717, 1.165) is 41.7 Å². The first-order valence-electron chi connectivity index (χ1n) is 8.57. The number of hydrogen-bond donors (Lipinski definition) is 0. The Morgan fingerprint density at radius 1 is 1.31 bits per heavy atom. The summed E-state index contributed by atoms with van der Waals surface area (Å²) in [6.45, 7) is 4.15. The summed E-state index contributed by atoms with van der Waals surface area (Å²) in [5.41, 5.74) is 0.828. The van der Waals surface area contributed by atoms with Crippen LogP contribution < -0.4 is 0 Å². The molecule has 2 heterocycles. The van der Waals surface area contributed by atoms with Crippen molar-refractivity contribution in [3.05, 3.63) is 36.2 Å². The Hall–Kier alpha value is -1.93. The van der Waals surface area contributed by atoms with Crippen LogP contribution in [-0.4, -0.2) is 44.2 Å². The van der Waals surface area contributed by atoms with Gasteiger partial charge in [-0.3, -0.25) is 4.79 Å². The standard InChI is InChI=1S/C18H21N3O3S2/c1-13-7-9-21(10-8-13)18(25)26-12-16(22)23-11-15-19-20-17(24-15)14-5-3-2-4-6-14/h2-6,13H,7-12H2,1H3. The van der Waals surface area contributed by atoms with E-state index in [-0.39, 0.29) is 24.2 Å². The van der Waals surface area contributed by atoms with E-state index in [1.165, 1.54) is 11.8 Å². The van der Waals surface area contributed by atoms with Crippen LogP contribution in [0.25, 0.3) is 11.5 Å². The molecule has 0 amide bonds. The van der Waals surface area contributed by atoms with Crippen molar-refractivity contribution in [1.82, 2.24) is 15.1 Å². The third-order valence-electron chi connectivity index (χ3n) is 4.20. The normalized spacial score (nSPS) is 15.0. The molecule has 0 spiro atoms. The van der Waals surface area contributed by atoms with E-state index in [4.69, 9.17) is 21.4 Å². The van der Waals surface area contributed by atoms with Crippen molar-refractivity contribution < 1.29 is 13.9 Å². The number of carbonyl (C=O) groups is 1. The van der Waals surface area contributed by atoms with Crippen molar-refractivity contribution >= 4 is 34.3 Å². The molecule has 8 heteroatoms. The van der Waals surface area contributed by atoms with Crippen LogP contribution in [0.4, 0.5) is 0 Å². The van der Waals surface area contributed by atoms with Gasteiger partial charge in [0.1, 0.15) is 4.32 Å². The molecule has 1 aliphatic heterocycles. The fourth-order valence-corrected chi connectivity index (χ4v) is 3.65. The van der Waals surface area contributed by atoms with Crippen LogP contribution in [0, 0.1) is 5.92 Å². The molecular formula is C18H21N3O3S2. The average molecular weight is 392 g/mol. The zero-order chi connectivity index (χ0) is 18.4. The number of nitrogens with zero attached hydrogens (tertiary/aromatic N) is 3. The lowest BCUT2D eigenvalue weighted by molar-refractivity contribution is -0.142. The molecule has 0 aliphatic carbocycles. The first kappa shape index (κ1) is 18.8. The Balaban J connectivity index is 1.40. The summed E-state index contributed by atoms with van der Waals surface area (Å²) in [7, 11) is 0. The third kappa shape index (κ3) is 5.28. The van der Waals surface area contributed by atoms with Crippen LogP contribution in [0.1, 0.15) is 25.7 Å². The minimum atomic E-state index is -0.345. The molecule has 1 saturated heterocycles. The maximum absolute atomic E-state index is 11.9. The van der Waals surface area contributed by atoms with E-state index >= 15 is 0 Å². The zero-order valence-electron chi connectivity index (χ0n) is 14.6. The quantitative estimate of drug-likeness (QED) is 0.566. The van der Waals surface area contributed by atoms with Crippen molar-refractivity contribution in [1.29, 1.82) is 0 Å². The fourth-order valence-electron chi connectivity index (χ4n) is 2.60. The van der Waals surface area contributed by atoms with Crippen molar-refractivity contribution in [2.75, 3.05) is 18.8 Å². The number of esters is 1. The first-order chi connectivity index (χ1) is 12.6. The number of aromatic nitrogens is 2. The third-order valence-corrected chi connectivity index (χ3v) is 5.70. The number of hydrogen-bond acceptors (Lipinski definition) is 7. The molecule has 1 aromatic heterocycles. The Kier molecular flexibility index (Phi) is 6.62. The van der Waals surface area contributed by atoms with Gasteiger partial charge in [0, 0.05) is 18.7 Å². The summed E-state index contributed by atoms with van der Waals surface area (Å²) in [5, 5.41) is 7.87. The number of ether oxygens (including phenoxy) is 1. The van der Waals surface area contributed by atoms with Crippen molar-refractivity contribution in [3.8, 4) is 11.5 Å². The summed E-state index contributed by atoms with van der Waals surface area (Å²) >= 11 is 6.75. The smallest absolute Gasteiger partial charge is 0.316 e. The second kappa shape index (κ2) is 9.14. The molecule has 2 aromatic rings. The van der Waals surface area contributed by atoms with E-state index in [1.54, 1.807) is 0 Å². The summed E-state index contributed by atoms with van der Waals surface area (Å²) in [6, 6.07) is 9.45. The van der Waals surface area contributed by atoms with Crippen LogP contribution in [0.5, 0.6) is 0 Å². The maximum atomic E-state index is 11.9. The Bertz CT molecular complexity index is 743. The molecule has 0 unspecified atom stereocenters. The fraction of sp³-hybridized carbons (Fsp3) is 0.444. The predicted molar refractivity (Wildman–Crippen MR) is 105 cm³/mol. The number of likely N-dealkylation sites (tertiary alicyclic amines) is 1. The molecule has 0 radical (unpaired) electrons. The SMILES string of the molecule is CC1CCN(C(=S)SCC(=O)OCc2nnc(-c3ccccc3)o2)CC1. The van der Waals surface area contributed by atoms with E-state index in [2.05, 4.69) is 22.0 Å². The second-order valence-corrected chi connectivity index (χ2v) is 7.86. The lowest BCUT2D eigenvalue weighted by Gasteiger charge is -2.31. The van der Waals surface area contributed by atoms with Gasteiger partial charge in [0.05, 0.1) is 5.75 Å². The second-order valence-electron chi connectivity index (χ2n) is 6.25. The van der Waals surface area contributed by atoms with E-state index in [0.29, 0.717) is 5.89 Å². The van der Waals surface area contributed by atoms with E-state index < -0.39 is 0 Å². The molecule has 6 nitrogen and oxygen atoms in total. The number of benzene rings is 1. The molecule has 26 heavy (non-hydrogen) atoms. The molecule has 1 aromatic carbocycles. The van der Waals surface area contributed by atoms with Crippen LogP contribution in [0.15, 0.2) is 34.7 Å². The minimum Gasteiger partial charge on any atom is -0.455 e. The highest BCUT2D eigenvalue weighted by Gasteiger charge is 2.19. The lowest BCUT2D eigenvalue weighted by Crippen LogP contribution is -2.35. The highest BCUT2D eigenvalue weighted by atomic mass is 32.2. The first-order valence-corrected chi connectivity index (χ1v) is 9.96. The summed E-state index contributed by atoms with van der Waals surface area (Å²) in [6.07, 6.45) is 2.29. The molecule has 1 fully saturated rings. The lowest BCUT2D eigenvalue weighted by atomic mass is 10.00. The molecule has 0 bridgehead atoms. The Morgan fingerprint density at radius 3 is 2.77 bits per heavy atom. The van der Waals surface area contributed by atoms with Crippen molar-refractivity contribution in [2.45, 2.75) is 26.4 Å². The van der Waals surface area contributed by atoms with Gasteiger partial charge in [0.15, 0.2) is 6.61 Å². The molecular weight excluding hydrogens is 370 g/mol. The van der Waals surface area contributed by atoms with E-state index in [1.807, 2.05) is 30.3 Å². The van der Waals surface area contributed by atoms with Crippen LogP contribution in [0.3, 0.4) is 0 Å². The Morgan fingerprint density at radius 2 is 2.04 bits per heavy atom. The van der Waals surface area contributed by atoms with Crippen LogP contribution >= 0.6 is 24.0 Å².